The van der Waals surface area contributed by atoms with Gasteiger partial charge in [0.15, 0.2) is 12.1 Å². The molecule has 0 unspecified atom stereocenters. The maximum atomic E-state index is 13.3. The monoisotopic (exact) mass is 740 g/mol. The zero-order valence-corrected chi connectivity index (χ0v) is 32.0. The lowest BCUT2D eigenvalue weighted by atomic mass is 9.79. The summed E-state index contributed by atoms with van der Waals surface area (Å²) < 4.78 is 37.9. The Balaban J connectivity index is 1.88. The second kappa shape index (κ2) is 21.4. The van der Waals surface area contributed by atoms with E-state index in [4.69, 9.17) is 18.9 Å². The molecule has 53 heavy (non-hydrogen) atoms. The van der Waals surface area contributed by atoms with Crippen molar-refractivity contribution in [2.24, 2.45) is 23.7 Å². The third-order valence-corrected chi connectivity index (χ3v) is 10.2. The van der Waals surface area contributed by atoms with E-state index in [0.717, 1.165) is 11.8 Å². The second-order valence-corrected chi connectivity index (χ2v) is 14.5. The van der Waals surface area contributed by atoms with Gasteiger partial charge in [0.25, 0.3) is 0 Å². The highest BCUT2D eigenvalue weighted by Gasteiger charge is 2.48. The highest BCUT2D eigenvalue weighted by atomic mass is 19.1. The van der Waals surface area contributed by atoms with Crippen molar-refractivity contribution in [3.8, 4) is 6.07 Å². The van der Waals surface area contributed by atoms with Gasteiger partial charge in [-0.1, -0.05) is 62.8 Å². The average molecular weight is 741 g/mol. The van der Waals surface area contributed by atoms with Crippen LogP contribution in [0.2, 0.25) is 0 Å². The number of ketones is 1. The summed E-state index contributed by atoms with van der Waals surface area (Å²) >= 11 is 0. The van der Waals surface area contributed by atoms with Crippen LogP contribution in [0.4, 0.5) is 4.39 Å². The number of cyclic esters (lactones) is 1. The van der Waals surface area contributed by atoms with E-state index in [1.807, 2.05) is 24.0 Å². The van der Waals surface area contributed by atoms with Crippen LogP contribution in [0.5, 0.6) is 0 Å². The molecule has 2 heterocycles. The van der Waals surface area contributed by atoms with Crippen molar-refractivity contribution in [2.75, 3.05) is 20.7 Å². The number of carbonyl (C=O) groups is 3. The minimum Gasteiger partial charge on any atom is -0.461 e. The Bertz CT molecular complexity index is 1470. The van der Waals surface area contributed by atoms with Gasteiger partial charge in [-0.25, -0.2) is 4.39 Å². The van der Waals surface area contributed by atoms with E-state index >= 15 is 0 Å². The number of aliphatic hydroxyl groups excluding tert-OH is 2. The minimum absolute atomic E-state index is 0.0142. The third-order valence-electron chi connectivity index (χ3n) is 10.2. The zero-order chi connectivity index (χ0) is 39.2. The van der Waals surface area contributed by atoms with Gasteiger partial charge < -0.3 is 38.9 Å². The summed E-state index contributed by atoms with van der Waals surface area (Å²) in [6, 6.07) is 7.84. The Morgan fingerprint density at radius 1 is 1.08 bits per heavy atom. The van der Waals surface area contributed by atoms with Crippen LogP contribution in [-0.4, -0.2) is 103 Å². The Hall–Kier alpha value is -3.57. The first-order chi connectivity index (χ1) is 25.2. The number of benzene rings is 1. The van der Waals surface area contributed by atoms with Gasteiger partial charge in [0.1, 0.15) is 36.3 Å². The second-order valence-electron chi connectivity index (χ2n) is 14.5. The largest absolute Gasteiger partial charge is 0.461 e. The molecule has 1 aromatic carbocycles. The predicted octanol–water partition coefficient (Wildman–Crippen LogP) is 4.90. The average Bonchev–Trinajstić information content (AvgIpc) is 3.12. The minimum atomic E-state index is -1.30. The molecule has 0 spiro atoms. The number of carbonyl (C=O) groups excluding carboxylic acids is 3. The van der Waals surface area contributed by atoms with Gasteiger partial charge in [-0.2, -0.15) is 5.26 Å². The van der Waals surface area contributed by atoms with Gasteiger partial charge in [0.05, 0.1) is 43.5 Å². The molecule has 0 bridgehead atoms. The van der Waals surface area contributed by atoms with Crippen LogP contribution in [0.25, 0.3) is 0 Å². The van der Waals surface area contributed by atoms with Crippen molar-refractivity contribution in [3.63, 3.8) is 0 Å². The number of nitrogens with zero attached hydrogens (tertiary/aromatic N) is 2. The fourth-order valence-corrected chi connectivity index (χ4v) is 7.05. The van der Waals surface area contributed by atoms with Gasteiger partial charge in [0.2, 0.25) is 0 Å². The van der Waals surface area contributed by atoms with E-state index < -0.39 is 85.0 Å². The lowest BCUT2D eigenvalue weighted by Crippen LogP contribution is -2.64. The third kappa shape index (κ3) is 12.8. The highest BCUT2D eigenvalue weighted by Crippen LogP contribution is 2.35. The first-order valence-electron chi connectivity index (χ1n) is 18.5. The molecule has 0 saturated carbocycles. The zero-order valence-electron chi connectivity index (χ0n) is 32.0. The SMILES string of the molecule is CC[C@H]1OC(=O)C[C@@H](O)[C@H](C)[C@@H](O[C@@H]2O[C@H](C)[C@@H](OC/C=C/Cc3ccc(F)cc3)[C@H](N(C)C)[C@H]2O)[C@@H](CC=O)C[C@@H](C)C(=O)/C=C/C(C)=C/[C@@H]1C#N. The van der Waals surface area contributed by atoms with Gasteiger partial charge in [-0.15, -0.1) is 0 Å². The number of halogens is 1. The first kappa shape index (κ1) is 43.8. The van der Waals surface area contributed by atoms with Crippen molar-refractivity contribution in [2.45, 2.75) is 116 Å². The van der Waals surface area contributed by atoms with E-state index in [1.165, 1.54) is 18.2 Å². The van der Waals surface area contributed by atoms with Crippen LogP contribution in [0.3, 0.4) is 0 Å². The van der Waals surface area contributed by atoms with Gasteiger partial charge in [-0.3, -0.25) is 9.59 Å². The Morgan fingerprint density at radius 2 is 1.77 bits per heavy atom. The molecule has 0 aromatic heterocycles. The number of esters is 1. The molecule has 12 heteroatoms. The lowest BCUT2D eigenvalue weighted by Gasteiger charge is -2.48. The summed E-state index contributed by atoms with van der Waals surface area (Å²) in [4.78, 5) is 40.3. The molecule has 292 valence electrons. The molecule has 12 atom stereocenters. The van der Waals surface area contributed by atoms with Crippen molar-refractivity contribution in [3.05, 3.63) is 71.6 Å². The maximum Gasteiger partial charge on any atom is 0.308 e. The smallest absolute Gasteiger partial charge is 0.308 e. The number of hydrogen-bond acceptors (Lipinski definition) is 11. The van der Waals surface area contributed by atoms with Crippen LogP contribution >= 0.6 is 0 Å². The Morgan fingerprint density at radius 3 is 2.40 bits per heavy atom. The number of nitriles is 1. The molecule has 1 aromatic rings. The Labute approximate surface area is 313 Å². The summed E-state index contributed by atoms with van der Waals surface area (Å²) in [6.07, 6.45) is 3.38. The number of ether oxygens (including phenoxy) is 4. The number of hydrogen-bond donors (Lipinski definition) is 2. The molecule has 2 N–H and O–H groups in total. The number of likely N-dealkylation sites (N-methyl/N-ethyl adjacent to an activating group) is 1. The first-order valence-corrected chi connectivity index (χ1v) is 18.5. The quantitative estimate of drug-likeness (QED) is 0.181. The van der Waals surface area contributed by atoms with Crippen molar-refractivity contribution < 1.29 is 47.9 Å². The normalized spacial score (nSPS) is 35.3. The Kier molecular flexibility index (Phi) is 17.7. The molecule has 1 saturated heterocycles. The number of allylic oxidation sites excluding steroid dienone is 4. The van der Waals surface area contributed by atoms with Crippen molar-refractivity contribution >= 4 is 18.0 Å². The van der Waals surface area contributed by atoms with E-state index in [-0.39, 0.29) is 31.0 Å². The number of aliphatic hydroxyl groups is 2. The van der Waals surface area contributed by atoms with Crippen LogP contribution in [0, 0.1) is 40.8 Å². The van der Waals surface area contributed by atoms with Crippen LogP contribution in [0.1, 0.15) is 65.9 Å². The molecule has 11 nitrogen and oxygen atoms in total. The van der Waals surface area contributed by atoms with Crippen LogP contribution < -0.4 is 0 Å². The van der Waals surface area contributed by atoms with Crippen LogP contribution in [-0.2, 0) is 39.8 Å². The van der Waals surface area contributed by atoms with Gasteiger partial charge >= 0.3 is 5.97 Å². The molecule has 0 aliphatic carbocycles. The molecule has 2 aliphatic heterocycles. The van der Waals surface area contributed by atoms with Crippen LogP contribution in [0.15, 0.2) is 60.2 Å². The summed E-state index contributed by atoms with van der Waals surface area (Å²) in [7, 11) is 3.61. The summed E-state index contributed by atoms with van der Waals surface area (Å²) in [5.74, 6) is -3.87. The van der Waals surface area contributed by atoms with E-state index in [0.29, 0.717) is 18.4 Å². The molecule has 0 radical (unpaired) electrons. The fourth-order valence-electron chi connectivity index (χ4n) is 7.05. The number of rotatable bonds is 11. The lowest BCUT2D eigenvalue weighted by molar-refractivity contribution is -0.308. The standard InChI is InChI=1S/C41H57FN2O9/c1-8-35-31(24-43)21-25(2)12-17-33(46)26(3)22-30(18-19-45)39(27(4)34(47)23-36(48)52-35)53-41-38(49)37(44(6)7)40(28(5)51-41)50-20-10-9-11-29-13-15-32(42)16-14-29/h9-10,12-17,19,21,26-28,30-31,34-35,37-41,47,49H,8,11,18,20,22-23H2,1-7H3/b10-9+,17-12+,25-21+/t26-,27+,28-,30+,31-,34-,35-,37-,38-,39-,40-,41+/m1/s1. The van der Waals surface area contributed by atoms with Crippen molar-refractivity contribution in [1.82, 2.24) is 4.90 Å². The summed E-state index contributed by atoms with van der Waals surface area (Å²) in [6.45, 7) is 9.01. The summed E-state index contributed by atoms with van der Waals surface area (Å²) in [5.41, 5.74) is 1.60. The predicted molar refractivity (Wildman–Crippen MR) is 197 cm³/mol. The van der Waals surface area contributed by atoms with E-state index in [1.54, 1.807) is 66.1 Å². The molecule has 2 aliphatic rings. The molecule has 3 rings (SSSR count). The molecular weight excluding hydrogens is 683 g/mol. The summed E-state index contributed by atoms with van der Waals surface area (Å²) in [5, 5.41) is 33.0. The van der Waals surface area contributed by atoms with Gasteiger partial charge in [0, 0.05) is 18.3 Å². The molecule has 1 fully saturated rings. The topological polar surface area (TPSA) is 156 Å². The fraction of sp³-hybridized carbons (Fsp3) is 0.610. The van der Waals surface area contributed by atoms with E-state index in [9.17, 15) is 34.2 Å². The maximum absolute atomic E-state index is 13.3. The molecule has 0 amide bonds. The van der Waals surface area contributed by atoms with E-state index in [2.05, 4.69) is 6.07 Å². The number of aldehydes is 1. The highest BCUT2D eigenvalue weighted by molar-refractivity contribution is 5.91. The van der Waals surface area contributed by atoms with Crippen molar-refractivity contribution in [1.29, 1.82) is 5.26 Å². The molecular formula is C41H57FN2O9. The van der Waals surface area contributed by atoms with Gasteiger partial charge in [-0.05, 0) is 76.9 Å².